The summed E-state index contributed by atoms with van der Waals surface area (Å²) in [5.74, 6) is -1.23. The van der Waals surface area contributed by atoms with Crippen molar-refractivity contribution in [3.05, 3.63) is 70.8 Å². The van der Waals surface area contributed by atoms with Gasteiger partial charge in [-0.3, -0.25) is 9.59 Å². The van der Waals surface area contributed by atoms with E-state index in [1.54, 1.807) is 24.1 Å². The maximum atomic E-state index is 13.3. The van der Waals surface area contributed by atoms with Gasteiger partial charge in [-0.25, -0.2) is 4.79 Å². The largest absolute Gasteiger partial charge is 0.478 e. The normalized spacial score (nSPS) is 23.3. The van der Waals surface area contributed by atoms with Crippen LogP contribution >= 0.6 is 0 Å². The molecule has 4 rings (SSSR count). The number of fused-ring (bicyclic) bond motifs is 2. The molecule has 33 heavy (non-hydrogen) atoms. The first kappa shape index (κ1) is 23.0. The second-order valence-corrected chi connectivity index (χ2v) is 10.9. The number of likely N-dealkylation sites (tertiary alicyclic amines) is 1. The Morgan fingerprint density at radius 3 is 2.33 bits per heavy atom. The molecule has 2 atom stereocenters. The van der Waals surface area contributed by atoms with E-state index in [0.29, 0.717) is 23.7 Å². The van der Waals surface area contributed by atoms with Crippen molar-refractivity contribution in [2.75, 3.05) is 13.6 Å². The number of carbonyl (C=O) groups is 3. The zero-order valence-electron chi connectivity index (χ0n) is 19.8. The zero-order chi connectivity index (χ0) is 24.0. The lowest BCUT2D eigenvalue weighted by atomic mass is 9.65. The van der Waals surface area contributed by atoms with Gasteiger partial charge in [0.05, 0.1) is 5.56 Å². The summed E-state index contributed by atoms with van der Waals surface area (Å²) in [6, 6.07) is 13.8. The first-order valence-corrected chi connectivity index (χ1v) is 11.5. The Hall–Kier alpha value is -3.15. The molecule has 2 aliphatic rings. The highest BCUT2D eigenvalue weighted by molar-refractivity contribution is 5.97. The molecule has 1 heterocycles. The summed E-state index contributed by atoms with van der Waals surface area (Å²) < 4.78 is 0. The molecule has 0 spiro atoms. The summed E-state index contributed by atoms with van der Waals surface area (Å²) in [6.07, 6.45) is 3.27. The number of rotatable bonds is 5. The number of hydrogen-bond acceptors (Lipinski definition) is 3. The minimum atomic E-state index is -1.06. The van der Waals surface area contributed by atoms with Crippen molar-refractivity contribution in [2.24, 2.45) is 10.8 Å². The molecule has 1 N–H and O–H groups in total. The summed E-state index contributed by atoms with van der Waals surface area (Å²) in [7, 11) is 1.68. The van der Waals surface area contributed by atoms with E-state index in [1.165, 1.54) is 12.1 Å². The maximum Gasteiger partial charge on any atom is 0.335 e. The van der Waals surface area contributed by atoms with Crippen molar-refractivity contribution >= 4 is 17.8 Å². The summed E-state index contributed by atoms with van der Waals surface area (Å²) in [5.41, 5.74) is 2.46. The Balaban J connectivity index is 1.42. The van der Waals surface area contributed by atoms with Gasteiger partial charge >= 0.3 is 5.97 Å². The molecule has 2 aromatic carbocycles. The second-order valence-electron chi connectivity index (χ2n) is 10.9. The molecule has 2 bridgehead atoms. The lowest BCUT2D eigenvalue weighted by molar-refractivity contribution is 0.0690. The van der Waals surface area contributed by atoms with Gasteiger partial charge in [-0.1, -0.05) is 39.0 Å². The van der Waals surface area contributed by atoms with Crippen LogP contribution in [-0.2, 0) is 6.54 Å². The molecule has 2 amide bonds. The van der Waals surface area contributed by atoms with Gasteiger partial charge in [0.2, 0.25) is 0 Å². The smallest absolute Gasteiger partial charge is 0.335 e. The first-order valence-electron chi connectivity index (χ1n) is 11.5. The number of aromatic carboxylic acids is 1. The third-order valence-corrected chi connectivity index (χ3v) is 7.00. The Morgan fingerprint density at radius 2 is 1.67 bits per heavy atom. The average molecular weight is 449 g/mol. The van der Waals surface area contributed by atoms with E-state index in [2.05, 4.69) is 25.7 Å². The predicted molar refractivity (Wildman–Crippen MR) is 126 cm³/mol. The summed E-state index contributed by atoms with van der Waals surface area (Å²) >= 11 is 0. The molecule has 1 saturated carbocycles. The Kier molecular flexibility index (Phi) is 5.81. The monoisotopic (exact) mass is 448 g/mol. The topological polar surface area (TPSA) is 77.9 Å². The number of carboxylic acid groups (broad SMARTS) is 1. The molecule has 2 unspecified atom stereocenters. The van der Waals surface area contributed by atoms with Crippen LogP contribution in [0.5, 0.6) is 0 Å². The molecule has 2 aromatic rings. The Labute approximate surface area is 195 Å². The van der Waals surface area contributed by atoms with Crippen molar-refractivity contribution < 1.29 is 19.5 Å². The zero-order valence-corrected chi connectivity index (χ0v) is 19.8. The van der Waals surface area contributed by atoms with Gasteiger partial charge in [-0.2, -0.15) is 0 Å². The fourth-order valence-corrected chi connectivity index (χ4v) is 5.97. The van der Waals surface area contributed by atoms with Crippen LogP contribution in [0.15, 0.2) is 48.5 Å². The van der Waals surface area contributed by atoms with Crippen LogP contribution < -0.4 is 0 Å². The van der Waals surface area contributed by atoms with E-state index in [9.17, 15) is 14.4 Å². The number of amides is 2. The highest BCUT2D eigenvalue weighted by atomic mass is 16.4. The number of nitrogens with zero attached hydrogens (tertiary/aromatic N) is 2. The van der Waals surface area contributed by atoms with E-state index in [0.717, 1.165) is 31.4 Å². The van der Waals surface area contributed by atoms with Gasteiger partial charge in [0.15, 0.2) is 0 Å². The number of carboxylic acids is 1. The van der Waals surface area contributed by atoms with E-state index in [1.807, 2.05) is 24.3 Å². The van der Waals surface area contributed by atoms with Crippen LogP contribution in [0.25, 0.3) is 0 Å². The quantitative estimate of drug-likeness (QED) is 0.719. The van der Waals surface area contributed by atoms with Crippen LogP contribution in [0, 0.1) is 10.8 Å². The lowest BCUT2D eigenvalue weighted by Crippen LogP contribution is -2.37. The molecule has 1 aliphatic heterocycles. The van der Waals surface area contributed by atoms with Gasteiger partial charge in [0.25, 0.3) is 11.8 Å². The number of carbonyl (C=O) groups excluding carboxylic acids is 2. The Bertz CT molecular complexity index is 1090. The SMILES string of the molecule is CN(Cc1ccc(C(=O)N2CC3(C)CC2CC(C)(C)C3)cc1)C(=O)c1cccc(C(=O)O)c1. The summed E-state index contributed by atoms with van der Waals surface area (Å²) in [6.45, 7) is 8.08. The second kappa shape index (κ2) is 8.32. The van der Waals surface area contributed by atoms with Crippen LogP contribution in [0.4, 0.5) is 0 Å². The summed E-state index contributed by atoms with van der Waals surface area (Å²) in [5, 5.41) is 9.15. The van der Waals surface area contributed by atoms with Crippen molar-refractivity contribution in [3.8, 4) is 0 Å². The van der Waals surface area contributed by atoms with E-state index < -0.39 is 5.97 Å². The third kappa shape index (κ3) is 4.80. The van der Waals surface area contributed by atoms with Crippen LogP contribution in [0.1, 0.15) is 76.7 Å². The molecular formula is C27H32N2O4. The number of benzene rings is 2. The lowest BCUT2D eigenvalue weighted by Gasteiger charge is -2.39. The molecule has 0 radical (unpaired) electrons. The van der Waals surface area contributed by atoms with Crippen LogP contribution in [0.3, 0.4) is 0 Å². The Morgan fingerprint density at radius 1 is 1.00 bits per heavy atom. The van der Waals surface area contributed by atoms with Gasteiger partial charge in [-0.05, 0) is 66.0 Å². The van der Waals surface area contributed by atoms with Gasteiger partial charge in [-0.15, -0.1) is 0 Å². The molecular weight excluding hydrogens is 416 g/mol. The van der Waals surface area contributed by atoms with Gasteiger partial charge < -0.3 is 14.9 Å². The minimum Gasteiger partial charge on any atom is -0.478 e. The van der Waals surface area contributed by atoms with Gasteiger partial charge in [0, 0.05) is 37.3 Å². The molecule has 174 valence electrons. The van der Waals surface area contributed by atoms with Crippen LogP contribution in [-0.4, -0.2) is 52.3 Å². The maximum absolute atomic E-state index is 13.3. The highest BCUT2D eigenvalue weighted by Gasteiger charge is 2.51. The highest BCUT2D eigenvalue weighted by Crippen LogP contribution is 2.52. The first-order chi connectivity index (χ1) is 15.5. The van der Waals surface area contributed by atoms with Crippen molar-refractivity contribution in [2.45, 2.75) is 52.6 Å². The minimum absolute atomic E-state index is 0.0841. The molecule has 6 nitrogen and oxygen atoms in total. The molecule has 2 fully saturated rings. The fraction of sp³-hybridized carbons (Fsp3) is 0.444. The van der Waals surface area contributed by atoms with Crippen molar-refractivity contribution in [1.29, 1.82) is 0 Å². The van der Waals surface area contributed by atoms with Gasteiger partial charge in [0.1, 0.15) is 0 Å². The fourth-order valence-electron chi connectivity index (χ4n) is 5.97. The molecule has 6 heteroatoms. The van der Waals surface area contributed by atoms with E-state index in [-0.39, 0.29) is 28.2 Å². The molecule has 1 saturated heterocycles. The van der Waals surface area contributed by atoms with Crippen LogP contribution in [0.2, 0.25) is 0 Å². The van der Waals surface area contributed by atoms with E-state index in [4.69, 9.17) is 5.11 Å². The predicted octanol–water partition coefficient (Wildman–Crippen LogP) is 4.70. The molecule has 0 aromatic heterocycles. The van der Waals surface area contributed by atoms with Crippen molar-refractivity contribution in [3.63, 3.8) is 0 Å². The van der Waals surface area contributed by atoms with Crippen molar-refractivity contribution in [1.82, 2.24) is 9.80 Å². The third-order valence-electron chi connectivity index (χ3n) is 7.00. The number of hydrogen-bond donors (Lipinski definition) is 1. The molecule has 1 aliphatic carbocycles. The standard InChI is InChI=1S/C27H32N2O4/c1-26(2)13-22-14-27(3,16-26)17-29(22)24(31)19-10-8-18(9-11-19)15-28(4)23(30)20-6-5-7-21(12-20)25(32)33/h5-12,22H,13-17H2,1-4H3,(H,32,33). The average Bonchev–Trinajstić information content (AvgIpc) is 3.01. The summed E-state index contributed by atoms with van der Waals surface area (Å²) in [4.78, 5) is 40.8. The van der Waals surface area contributed by atoms with E-state index >= 15 is 0 Å².